The number of anilines is 2. The number of aryl methyl sites for hydroxylation is 1. The molecule has 29 heavy (non-hydrogen) atoms. The normalized spacial score (nSPS) is 12.9. The number of amides is 2. The van der Waals surface area contributed by atoms with Crippen LogP contribution >= 0.6 is 0 Å². The number of nitrogens with zero attached hydrogens (tertiary/aromatic N) is 2. The Morgan fingerprint density at radius 1 is 1.00 bits per heavy atom. The van der Waals surface area contributed by atoms with Crippen LogP contribution in [0.1, 0.15) is 45.2 Å². The van der Waals surface area contributed by atoms with E-state index < -0.39 is 11.7 Å². The summed E-state index contributed by atoms with van der Waals surface area (Å²) in [5, 5.41) is 5.53. The zero-order chi connectivity index (χ0) is 20.4. The SMILES string of the molecule is Cc1cccc(NC(=O)c2nc(C(=O)Nc3cccc(F)c3)n3c2CCCC3)c1. The molecule has 1 aliphatic heterocycles. The van der Waals surface area contributed by atoms with Crippen molar-refractivity contribution in [3.63, 3.8) is 0 Å². The molecule has 148 valence electrons. The first kappa shape index (κ1) is 18.9. The molecule has 2 heterocycles. The van der Waals surface area contributed by atoms with Gasteiger partial charge < -0.3 is 15.2 Å². The number of aromatic nitrogens is 2. The van der Waals surface area contributed by atoms with Gasteiger partial charge in [0.1, 0.15) is 5.82 Å². The Morgan fingerprint density at radius 3 is 2.48 bits per heavy atom. The standard InChI is InChI=1S/C22H21FN4O2/c1-14-6-4-8-16(12-14)24-21(28)19-18-10-2-3-11-27(18)20(26-19)22(29)25-17-9-5-7-15(23)13-17/h4-9,12-13H,2-3,10-11H2,1H3,(H,24,28)(H,25,29). The van der Waals surface area contributed by atoms with Crippen molar-refractivity contribution in [1.29, 1.82) is 0 Å². The number of halogens is 1. The first-order valence-electron chi connectivity index (χ1n) is 9.55. The molecule has 2 amide bonds. The molecule has 0 saturated carbocycles. The number of nitrogens with one attached hydrogen (secondary N) is 2. The topological polar surface area (TPSA) is 76.0 Å². The number of imidazole rings is 1. The summed E-state index contributed by atoms with van der Waals surface area (Å²) in [4.78, 5) is 30.0. The fourth-order valence-electron chi connectivity index (χ4n) is 3.56. The second kappa shape index (κ2) is 7.87. The molecule has 0 radical (unpaired) electrons. The van der Waals surface area contributed by atoms with Crippen molar-refractivity contribution in [2.45, 2.75) is 32.7 Å². The van der Waals surface area contributed by atoms with Gasteiger partial charge in [0.25, 0.3) is 11.8 Å². The average Bonchev–Trinajstić information content (AvgIpc) is 3.08. The van der Waals surface area contributed by atoms with Crippen LogP contribution in [0.3, 0.4) is 0 Å². The van der Waals surface area contributed by atoms with Crippen molar-refractivity contribution >= 4 is 23.2 Å². The first-order chi connectivity index (χ1) is 14.0. The van der Waals surface area contributed by atoms with Gasteiger partial charge in [0.05, 0.1) is 5.69 Å². The summed E-state index contributed by atoms with van der Waals surface area (Å²) in [7, 11) is 0. The molecule has 2 aromatic carbocycles. The lowest BCUT2D eigenvalue weighted by Crippen LogP contribution is -2.21. The van der Waals surface area contributed by atoms with Crippen molar-refractivity contribution < 1.29 is 14.0 Å². The van der Waals surface area contributed by atoms with Crippen LogP contribution in [0.25, 0.3) is 0 Å². The molecule has 0 saturated heterocycles. The third-order valence-corrected chi connectivity index (χ3v) is 4.89. The maximum absolute atomic E-state index is 13.4. The summed E-state index contributed by atoms with van der Waals surface area (Å²) in [5.41, 5.74) is 3.07. The number of hydrogen-bond acceptors (Lipinski definition) is 3. The van der Waals surface area contributed by atoms with Gasteiger partial charge in [-0.25, -0.2) is 9.37 Å². The lowest BCUT2D eigenvalue weighted by atomic mass is 10.1. The van der Waals surface area contributed by atoms with Crippen molar-refractivity contribution in [3.05, 3.63) is 77.1 Å². The Morgan fingerprint density at radius 2 is 1.72 bits per heavy atom. The molecule has 7 heteroatoms. The number of fused-ring (bicyclic) bond motifs is 1. The molecular weight excluding hydrogens is 371 g/mol. The van der Waals surface area contributed by atoms with E-state index in [4.69, 9.17) is 0 Å². The molecule has 0 fully saturated rings. The largest absolute Gasteiger partial charge is 0.323 e. The first-order valence-corrected chi connectivity index (χ1v) is 9.55. The van der Waals surface area contributed by atoms with E-state index in [1.54, 1.807) is 10.6 Å². The maximum Gasteiger partial charge on any atom is 0.291 e. The molecule has 0 aliphatic carbocycles. The molecule has 1 aliphatic rings. The Bertz CT molecular complexity index is 1010. The van der Waals surface area contributed by atoms with Gasteiger partial charge in [0.2, 0.25) is 0 Å². The van der Waals surface area contributed by atoms with Crippen LogP contribution < -0.4 is 10.6 Å². The van der Waals surface area contributed by atoms with Crippen LogP contribution in [0.5, 0.6) is 0 Å². The monoisotopic (exact) mass is 392 g/mol. The summed E-state index contributed by atoms with van der Waals surface area (Å²) in [6.07, 6.45) is 2.51. The predicted molar refractivity (Wildman–Crippen MR) is 109 cm³/mol. The van der Waals surface area contributed by atoms with Gasteiger partial charge in [-0.15, -0.1) is 0 Å². The van der Waals surface area contributed by atoms with E-state index in [1.165, 1.54) is 18.2 Å². The number of carbonyl (C=O) groups is 2. The van der Waals surface area contributed by atoms with E-state index in [2.05, 4.69) is 15.6 Å². The average molecular weight is 392 g/mol. The molecule has 0 bridgehead atoms. The van der Waals surface area contributed by atoms with Gasteiger partial charge in [-0.2, -0.15) is 0 Å². The third kappa shape index (κ3) is 4.03. The lowest BCUT2D eigenvalue weighted by molar-refractivity contribution is 0.101. The van der Waals surface area contributed by atoms with Crippen LogP contribution in [-0.4, -0.2) is 21.4 Å². The highest BCUT2D eigenvalue weighted by Crippen LogP contribution is 2.23. The summed E-state index contributed by atoms with van der Waals surface area (Å²) in [6.45, 7) is 2.56. The molecule has 0 spiro atoms. The zero-order valence-electron chi connectivity index (χ0n) is 16.0. The minimum atomic E-state index is -0.464. The number of rotatable bonds is 4. The molecule has 1 aromatic heterocycles. The summed E-state index contributed by atoms with van der Waals surface area (Å²) < 4.78 is 15.2. The Hall–Kier alpha value is -3.48. The van der Waals surface area contributed by atoms with Crippen LogP contribution in [0, 0.1) is 12.7 Å². The van der Waals surface area contributed by atoms with E-state index in [1.807, 2.05) is 31.2 Å². The van der Waals surface area contributed by atoms with Gasteiger partial charge in [-0.05, 0) is 62.1 Å². The van der Waals surface area contributed by atoms with Gasteiger partial charge in [0.15, 0.2) is 11.5 Å². The fourth-order valence-corrected chi connectivity index (χ4v) is 3.56. The predicted octanol–water partition coefficient (Wildman–Crippen LogP) is 4.17. The molecule has 3 aromatic rings. The van der Waals surface area contributed by atoms with Crippen molar-refractivity contribution in [2.24, 2.45) is 0 Å². The Kier molecular flexibility index (Phi) is 5.12. The van der Waals surface area contributed by atoms with E-state index in [-0.39, 0.29) is 17.4 Å². The maximum atomic E-state index is 13.4. The van der Waals surface area contributed by atoms with Gasteiger partial charge in [0, 0.05) is 17.9 Å². The van der Waals surface area contributed by atoms with Crippen LogP contribution in [0.15, 0.2) is 48.5 Å². The summed E-state index contributed by atoms with van der Waals surface area (Å²) in [6, 6.07) is 13.2. The minimum absolute atomic E-state index is 0.165. The van der Waals surface area contributed by atoms with Gasteiger partial charge in [-0.1, -0.05) is 18.2 Å². The van der Waals surface area contributed by atoms with E-state index in [9.17, 15) is 14.0 Å². The van der Waals surface area contributed by atoms with Crippen LogP contribution in [-0.2, 0) is 13.0 Å². The number of carbonyl (C=O) groups excluding carboxylic acids is 2. The number of hydrogen-bond donors (Lipinski definition) is 2. The van der Waals surface area contributed by atoms with Crippen molar-refractivity contribution in [1.82, 2.24) is 9.55 Å². The quantitative estimate of drug-likeness (QED) is 0.700. The van der Waals surface area contributed by atoms with Crippen LogP contribution in [0.4, 0.5) is 15.8 Å². The second-order valence-corrected chi connectivity index (χ2v) is 7.13. The van der Waals surface area contributed by atoms with Crippen LogP contribution in [0.2, 0.25) is 0 Å². The highest BCUT2D eigenvalue weighted by atomic mass is 19.1. The minimum Gasteiger partial charge on any atom is -0.323 e. The van der Waals surface area contributed by atoms with Crippen molar-refractivity contribution in [3.8, 4) is 0 Å². The summed E-state index contributed by atoms with van der Waals surface area (Å²) in [5.74, 6) is -1.08. The highest BCUT2D eigenvalue weighted by Gasteiger charge is 2.27. The van der Waals surface area contributed by atoms with Gasteiger partial charge in [-0.3, -0.25) is 9.59 Å². The van der Waals surface area contributed by atoms with E-state index >= 15 is 0 Å². The smallest absolute Gasteiger partial charge is 0.291 e. The molecule has 0 unspecified atom stereocenters. The second-order valence-electron chi connectivity index (χ2n) is 7.13. The molecule has 2 N–H and O–H groups in total. The molecule has 4 rings (SSSR count). The molecular formula is C22H21FN4O2. The molecule has 6 nitrogen and oxygen atoms in total. The summed E-state index contributed by atoms with van der Waals surface area (Å²) >= 11 is 0. The van der Waals surface area contributed by atoms with Crippen molar-refractivity contribution in [2.75, 3.05) is 10.6 Å². The lowest BCUT2D eigenvalue weighted by Gasteiger charge is -2.17. The Labute approximate surface area is 167 Å². The highest BCUT2D eigenvalue weighted by molar-refractivity contribution is 6.07. The third-order valence-electron chi connectivity index (χ3n) is 4.89. The zero-order valence-corrected chi connectivity index (χ0v) is 16.0. The fraction of sp³-hybridized carbons (Fsp3) is 0.227. The van der Waals surface area contributed by atoms with E-state index in [0.717, 1.165) is 24.1 Å². The number of benzene rings is 2. The van der Waals surface area contributed by atoms with Gasteiger partial charge >= 0.3 is 0 Å². The molecule has 0 atom stereocenters. The van der Waals surface area contributed by atoms with E-state index in [0.29, 0.717) is 24.3 Å². The Balaban J connectivity index is 1.63.